The second kappa shape index (κ2) is 13.9. The molecule has 206 valence electrons. The van der Waals surface area contributed by atoms with Crippen molar-refractivity contribution in [3.8, 4) is 0 Å². The molecule has 4 aromatic carbocycles. The lowest BCUT2D eigenvalue weighted by Crippen LogP contribution is -2.30. The van der Waals surface area contributed by atoms with Crippen molar-refractivity contribution in [3.63, 3.8) is 0 Å². The molecule has 0 fully saturated rings. The zero-order chi connectivity index (χ0) is 29.2. The number of nitrogens with one attached hydrogen (secondary N) is 3. The summed E-state index contributed by atoms with van der Waals surface area (Å²) < 4.78 is 14.3. The Bertz CT molecular complexity index is 1590. The summed E-state index contributed by atoms with van der Waals surface area (Å²) in [6, 6.07) is 27.8. The minimum atomic E-state index is -0.631. The van der Waals surface area contributed by atoms with Gasteiger partial charge in [0.1, 0.15) is 11.5 Å². The van der Waals surface area contributed by atoms with Crippen molar-refractivity contribution in [2.24, 2.45) is 0 Å². The molecular formula is C32H26FN3O4S. The second-order valence-corrected chi connectivity index (χ2v) is 9.90. The minimum absolute atomic E-state index is 0.0488. The van der Waals surface area contributed by atoms with Crippen LogP contribution in [0.4, 0.5) is 15.8 Å². The van der Waals surface area contributed by atoms with E-state index in [1.54, 1.807) is 84.9 Å². The molecule has 9 heteroatoms. The van der Waals surface area contributed by atoms with Crippen molar-refractivity contribution < 1.29 is 23.6 Å². The Labute approximate surface area is 240 Å². The molecule has 0 aliphatic carbocycles. The molecule has 0 unspecified atom stereocenters. The number of thioether (sulfide) groups is 1. The van der Waals surface area contributed by atoms with E-state index < -0.39 is 17.6 Å². The van der Waals surface area contributed by atoms with Crippen LogP contribution < -0.4 is 16.0 Å². The quantitative estimate of drug-likeness (QED) is 0.121. The summed E-state index contributed by atoms with van der Waals surface area (Å²) in [5.41, 5.74) is 1.97. The maximum Gasteiger partial charge on any atom is 0.272 e. The molecular weight excluding hydrogens is 541 g/mol. The lowest BCUT2D eigenvalue weighted by Gasteiger charge is -2.12. The summed E-state index contributed by atoms with van der Waals surface area (Å²) in [4.78, 5) is 50.4. The van der Waals surface area contributed by atoms with E-state index in [0.29, 0.717) is 22.5 Å². The number of ketones is 1. The molecule has 7 nitrogen and oxygen atoms in total. The van der Waals surface area contributed by atoms with Gasteiger partial charge in [-0.1, -0.05) is 36.4 Å². The maximum absolute atomic E-state index is 14.3. The highest BCUT2D eigenvalue weighted by Gasteiger charge is 2.16. The molecule has 0 spiro atoms. The van der Waals surface area contributed by atoms with Gasteiger partial charge in [0, 0.05) is 33.0 Å². The Balaban J connectivity index is 1.38. The van der Waals surface area contributed by atoms with Gasteiger partial charge in [-0.3, -0.25) is 19.2 Å². The Morgan fingerprint density at radius 2 is 1.34 bits per heavy atom. The van der Waals surface area contributed by atoms with Crippen LogP contribution in [0.15, 0.2) is 114 Å². The SMILES string of the molecule is CC(=O)c1ccc(NC(=O)CSc2ccc(NC(=O)/C(=C/c3ccccc3F)NC(=O)c3ccccc3)cc2)cc1. The number of carbonyl (C=O) groups is 4. The van der Waals surface area contributed by atoms with E-state index in [9.17, 15) is 23.6 Å². The van der Waals surface area contributed by atoms with Gasteiger partial charge in [-0.05, 0) is 79.7 Å². The first-order valence-corrected chi connectivity index (χ1v) is 13.5. The topological polar surface area (TPSA) is 104 Å². The third-order valence-electron chi connectivity index (χ3n) is 5.79. The summed E-state index contributed by atoms with van der Waals surface area (Å²) >= 11 is 1.31. The predicted octanol–water partition coefficient (Wildman–Crippen LogP) is 6.17. The van der Waals surface area contributed by atoms with E-state index in [1.165, 1.54) is 43.0 Å². The van der Waals surface area contributed by atoms with E-state index in [2.05, 4.69) is 16.0 Å². The lowest BCUT2D eigenvalue weighted by atomic mass is 10.1. The molecule has 0 aliphatic rings. The van der Waals surface area contributed by atoms with Crippen LogP contribution in [-0.4, -0.2) is 29.3 Å². The van der Waals surface area contributed by atoms with E-state index in [4.69, 9.17) is 0 Å². The molecule has 0 saturated heterocycles. The molecule has 0 atom stereocenters. The van der Waals surface area contributed by atoms with Gasteiger partial charge in [-0.15, -0.1) is 11.8 Å². The summed E-state index contributed by atoms with van der Waals surface area (Å²) in [7, 11) is 0. The number of halogens is 1. The van der Waals surface area contributed by atoms with Crippen LogP contribution in [0, 0.1) is 5.82 Å². The highest BCUT2D eigenvalue weighted by Crippen LogP contribution is 2.22. The number of Topliss-reactive ketones (excluding diaryl/α,β-unsaturated/α-hetero) is 1. The highest BCUT2D eigenvalue weighted by molar-refractivity contribution is 8.00. The van der Waals surface area contributed by atoms with Crippen LogP contribution in [0.3, 0.4) is 0 Å². The third kappa shape index (κ3) is 8.48. The van der Waals surface area contributed by atoms with Gasteiger partial charge < -0.3 is 16.0 Å². The fourth-order valence-corrected chi connectivity index (χ4v) is 4.36. The standard InChI is InChI=1S/C32H26FN3O4S/c1-21(37)22-11-13-25(14-12-22)34-30(38)20-41-27-17-15-26(16-18-27)35-32(40)29(19-24-9-5-6-10-28(24)33)36-31(39)23-7-3-2-4-8-23/h2-19H,20H2,1H3,(H,34,38)(H,35,40)(H,36,39)/b29-19-. The zero-order valence-electron chi connectivity index (χ0n) is 22.0. The lowest BCUT2D eigenvalue weighted by molar-refractivity contribution is -0.114. The molecule has 0 heterocycles. The van der Waals surface area contributed by atoms with Crippen LogP contribution >= 0.6 is 11.8 Å². The molecule has 3 amide bonds. The van der Waals surface area contributed by atoms with Crippen molar-refractivity contribution >= 4 is 52.7 Å². The molecule has 41 heavy (non-hydrogen) atoms. The number of amides is 3. The third-order valence-corrected chi connectivity index (χ3v) is 6.80. The Kier molecular flexibility index (Phi) is 9.80. The average Bonchev–Trinajstić information content (AvgIpc) is 2.98. The molecule has 0 aliphatic heterocycles. The second-order valence-electron chi connectivity index (χ2n) is 8.85. The molecule has 4 aromatic rings. The van der Waals surface area contributed by atoms with Crippen molar-refractivity contribution in [2.75, 3.05) is 16.4 Å². The molecule has 0 radical (unpaired) electrons. The number of rotatable bonds is 10. The van der Waals surface area contributed by atoms with Crippen LogP contribution in [-0.2, 0) is 9.59 Å². The number of hydrogen-bond donors (Lipinski definition) is 3. The van der Waals surface area contributed by atoms with Crippen LogP contribution in [0.2, 0.25) is 0 Å². The molecule has 0 bridgehead atoms. The Morgan fingerprint density at radius 3 is 2.00 bits per heavy atom. The Morgan fingerprint density at radius 1 is 0.732 bits per heavy atom. The number of anilines is 2. The van der Waals surface area contributed by atoms with Gasteiger partial charge in [0.15, 0.2) is 5.78 Å². The van der Waals surface area contributed by atoms with Crippen LogP contribution in [0.1, 0.15) is 33.2 Å². The summed E-state index contributed by atoms with van der Waals surface area (Å²) in [5, 5.41) is 8.08. The summed E-state index contributed by atoms with van der Waals surface area (Å²) in [6.07, 6.45) is 1.28. The van der Waals surface area contributed by atoms with Crippen LogP contribution in [0.5, 0.6) is 0 Å². The normalized spacial score (nSPS) is 10.9. The average molecular weight is 568 g/mol. The highest BCUT2D eigenvalue weighted by atomic mass is 32.2. The zero-order valence-corrected chi connectivity index (χ0v) is 22.8. The summed E-state index contributed by atoms with van der Waals surface area (Å²) in [5.74, 6) is -1.78. The van der Waals surface area contributed by atoms with Gasteiger partial charge in [0.2, 0.25) is 5.91 Å². The number of hydrogen-bond acceptors (Lipinski definition) is 5. The first kappa shape index (κ1) is 29.0. The van der Waals surface area contributed by atoms with Crippen molar-refractivity contribution in [3.05, 3.63) is 131 Å². The van der Waals surface area contributed by atoms with Crippen molar-refractivity contribution in [1.29, 1.82) is 0 Å². The van der Waals surface area contributed by atoms with Gasteiger partial charge in [0.05, 0.1) is 5.75 Å². The van der Waals surface area contributed by atoms with E-state index >= 15 is 0 Å². The van der Waals surface area contributed by atoms with E-state index in [1.807, 2.05) is 0 Å². The van der Waals surface area contributed by atoms with E-state index in [0.717, 1.165) is 4.90 Å². The molecule has 4 rings (SSSR count). The monoisotopic (exact) mass is 567 g/mol. The molecule has 0 saturated carbocycles. The first-order chi connectivity index (χ1) is 19.8. The smallest absolute Gasteiger partial charge is 0.272 e. The van der Waals surface area contributed by atoms with Gasteiger partial charge >= 0.3 is 0 Å². The van der Waals surface area contributed by atoms with Gasteiger partial charge in [-0.2, -0.15) is 0 Å². The van der Waals surface area contributed by atoms with Crippen LogP contribution in [0.25, 0.3) is 6.08 Å². The van der Waals surface area contributed by atoms with E-state index in [-0.39, 0.29) is 28.7 Å². The predicted molar refractivity (Wildman–Crippen MR) is 159 cm³/mol. The number of carbonyl (C=O) groups excluding carboxylic acids is 4. The molecule has 3 N–H and O–H groups in total. The fourth-order valence-electron chi connectivity index (χ4n) is 3.66. The molecule has 0 aromatic heterocycles. The van der Waals surface area contributed by atoms with Crippen molar-refractivity contribution in [2.45, 2.75) is 11.8 Å². The maximum atomic E-state index is 14.3. The largest absolute Gasteiger partial charge is 0.325 e. The first-order valence-electron chi connectivity index (χ1n) is 12.6. The van der Waals surface area contributed by atoms with Gasteiger partial charge in [-0.25, -0.2) is 4.39 Å². The summed E-state index contributed by atoms with van der Waals surface area (Å²) in [6.45, 7) is 1.48. The Hall–Kier alpha value is -5.02. The van der Waals surface area contributed by atoms with Crippen molar-refractivity contribution in [1.82, 2.24) is 5.32 Å². The van der Waals surface area contributed by atoms with Gasteiger partial charge in [0.25, 0.3) is 11.8 Å². The fraction of sp³-hybridized carbons (Fsp3) is 0.0625. The number of benzene rings is 4. The minimum Gasteiger partial charge on any atom is -0.325 e.